The van der Waals surface area contributed by atoms with Gasteiger partial charge >= 0.3 is 23.9 Å². The number of rotatable bonds is 19. The van der Waals surface area contributed by atoms with Gasteiger partial charge in [-0.3, -0.25) is 9.59 Å². The van der Waals surface area contributed by atoms with Gasteiger partial charge in [-0.25, -0.2) is 9.59 Å². The molecule has 0 amide bonds. The number of benzene rings is 1. The largest absolute Gasteiger partial charge is 0.508 e. The fraction of sp³-hybridized carbons (Fsp3) is 0.625. The van der Waals surface area contributed by atoms with E-state index in [1.165, 1.54) is 38.1 Å². The second-order valence-corrected chi connectivity index (χ2v) is 17.8. The van der Waals surface area contributed by atoms with Crippen molar-refractivity contribution in [1.29, 1.82) is 0 Å². The number of esters is 4. The SMILES string of the molecule is CC=C1C(OC2OC(CO)C(O)C(O)C2O)OC=C(C(=O)OC)C1CC(=O)OCC1OC(OCCc2ccc(O)cc2)C(O)C(OC(=O)CC2C(C(=O)OC)=COC(OC3OC(CO)C(O)C(O)C3O)C2=CC)C1O. The molecule has 27 nitrogen and oxygen atoms in total. The molecule has 1 aromatic rings. The molecule has 5 heterocycles. The highest BCUT2D eigenvalue weighted by Gasteiger charge is 2.51. The molecule has 0 bridgehead atoms. The smallest absolute Gasteiger partial charge is 0.337 e. The van der Waals surface area contributed by atoms with Gasteiger partial charge in [0.1, 0.15) is 79.5 Å². The van der Waals surface area contributed by atoms with Crippen LogP contribution >= 0.6 is 0 Å². The van der Waals surface area contributed by atoms with E-state index in [4.69, 9.17) is 56.8 Å². The first kappa shape index (κ1) is 59.1. The maximum absolute atomic E-state index is 14.0. The summed E-state index contributed by atoms with van der Waals surface area (Å²) in [6.45, 7) is 0.528. The molecule has 1 aromatic carbocycles. The second kappa shape index (κ2) is 26.7. The summed E-state index contributed by atoms with van der Waals surface area (Å²) in [4.78, 5) is 53.8. The lowest BCUT2D eigenvalue weighted by atomic mass is 9.86. The van der Waals surface area contributed by atoms with Gasteiger partial charge in [-0.1, -0.05) is 24.3 Å². The minimum absolute atomic E-state index is 0.00706. The van der Waals surface area contributed by atoms with E-state index in [9.17, 15) is 75.3 Å². The molecule has 3 fully saturated rings. The van der Waals surface area contributed by atoms with E-state index in [-0.39, 0.29) is 41.1 Å². The lowest BCUT2D eigenvalue weighted by Crippen LogP contribution is -2.61. The Bertz CT molecular complexity index is 2230. The molecule has 0 radical (unpaired) electrons. The number of ether oxygens (including phenoxy) is 12. The first-order chi connectivity index (χ1) is 35.8. The van der Waals surface area contributed by atoms with Gasteiger partial charge in [-0.05, 0) is 38.0 Å². The van der Waals surface area contributed by atoms with Crippen LogP contribution in [-0.2, 0) is 82.4 Å². The molecule has 0 aliphatic carbocycles. The molecule has 19 unspecified atom stereocenters. The molecule has 75 heavy (non-hydrogen) atoms. The highest BCUT2D eigenvalue weighted by atomic mass is 16.8. The van der Waals surface area contributed by atoms with Crippen LogP contribution in [0.1, 0.15) is 32.3 Å². The van der Waals surface area contributed by atoms with Crippen LogP contribution in [-0.4, -0.2) is 225 Å². The van der Waals surface area contributed by atoms with E-state index in [0.717, 1.165) is 26.7 Å². The zero-order valence-electron chi connectivity index (χ0n) is 41.0. The van der Waals surface area contributed by atoms with Crippen molar-refractivity contribution < 1.29 is 132 Å². The third-order valence-electron chi connectivity index (χ3n) is 13.1. The first-order valence-corrected chi connectivity index (χ1v) is 23.7. The quantitative estimate of drug-likeness (QED) is 0.0360. The Kier molecular flexibility index (Phi) is 21.1. The van der Waals surface area contributed by atoms with Gasteiger partial charge in [-0.15, -0.1) is 0 Å². The van der Waals surface area contributed by atoms with Crippen molar-refractivity contribution in [2.45, 2.75) is 138 Å². The van der Waals surface area contributed by atoms with Crippen LogP contribution in [0.25, 0.3) is 0 Å². The Morgan fingerprint density at radius 3 is 1.51 bits per heavy atom. The van der Waals surface area contributed by atoms with Crippen LogP contribution in [0.4, 0.5) is 0 Å². The van der Waals surface area contributed by atoms with E-state index < -0.39 is 173 Å². The molecule has 3 saturated heterocycles. The Morgan fingerprint density at radius 1 is 0.587 bits per heavy atom. The molecule has 418 valence electrons. The van der Waals surface area contributed by atoms with Crippen LogP contribution in [0.3, 0.4) is 0 Å². The van der Waals surface area contributed by atoms with Crippen molar-refractivity contribution in [3.8, 4) is 5.75 Å². The van der Waals surface area contributed by atoms with Crippen LogP contribution in [0, 0.1) is 11.8 Å². The van der Waals surface area contributed by atoms with Gasteiger partial charge in [-0.2, -0.15) is 0 Å². The zero-order valence-corrected chi connectivity index (χ0v) is 41.0. The number of aliphatic hydroxyl groups excluding tert-OH is 10. The van der Waals surface area contributed by atoms with E-state index in [0.29, 0.717) is 5.56 Å². The maximum atomic E-state index is 14.0. The van der Waals surface area contributed by atoms with E-state index >= 15 is 0 Å². The van der Waals surface area contributed by atoms with E-state index in [2.05, 4.69) is 0 Å². The number of allylic oxidation sites excluding steroid dienone is 2. The molecule has 5 aliphatic rings. The number of phenolic OH excluding ortho intramolecular Hbond substituents is 1. The van der Waals surface area contributed by atoms with Gasteiger partial charge in [0.05, 0.1) is 70.6 Å². The fourth-order valence-corrected chi connectivity index (χ4v) is 8.89. The van der Waals surface area contributed by atoms with Crippen LogP contribution in [0.5, 0.6) is 5.75 Å². The number of carbonyl (C=O) groups is 4. The molecule has 19 atom stereocenters. The molecular weight excluding hydrogens is 1010 g/mol. The van der Waals surface area contributed by atoms with Crippen molar-refractivity contribution in [3.63, 3.8) is 0 Å². The number of aromatic hydroxyl groups is 1. The summed E-state index contributed by atoms with van der Waals surface area (Å²) in [7, 11) is 2.13. The fourth-order valence-electron chi connectivity index (χ4n) is 8.89. The highest BCUT2D eigenvalue weighted by Crippen LogP contribution is 2.39. The summed E-state index contributed by atoms with van der Waals surface area (Å²) in [6.07, 6.45) is -25.4. The topological polar surface area (TPSA) is 402 Å². The third kappa shape index (κ3) is 13.7. The molecule has 0 aromatic heterocycles. The number of carbonyl (C=O) groups excluding carboxylic acids is 4. The number of hydrogen-bond acceptors (Lipinski definition) is 27. The first-order valence-electron chi connectivity index (χ1n) is 23.7. The Morgan fingerprint density at radius 2 is 1.05 bits per heavy atom. The van der Waals surface area contributed by atoms with Crippen molar-refractivity contribution in [3.05, 3.63) is 76.8 Å². The average Bonchev–Trinajstić information content (AvgIpc) is 3.40. The third-order valence-corrected chi connectivity index (χ3v) is 13.1. The van der Waals surface area contributed by atoms with E-state index in [1.807, 2.05) is 0 Å². The second-order valence-electron chi connectivity index (χ2n) is 17.8. The molecule has 6 rings (SSSR count). The minimum atomic E-state index is -1.96. The monoisotopic (exact) mass is 1070 g/mol. The lowest BCUT2D eigenvalue weighted by Gasteiger charge is -2.42. The summed E-state index contributed by atoms with van der Waals surface area (Å²) < 4.78 is 66.6. The van der Waals surface area contributed by atoms with Gasteiger partial charge in [0, 0.05) is 23.0 Å². The van der Waals surface area contributed by atoms with Crippen LogP contribution in [0.15, 0.2) is 71.2 Å². The van der Waals surface area contributed by atoms with Crippen LogP contribution in [0.2, 0.25) is 0 Å². The number of phenols is 1. The molecule has 5 aliphatic heterocycles. The van der Waals surface area contributed by atoms with Crippen molar-refractivity contribution in [1.82, 2.24) is 0 Å². The lowest BCUT2D eigenvalue weighted by molar-refractivity contribution is -0.328. The normalized spacial score (nSPS) is 37.1. The summed E-state index contributed by atoms with van der Waals surface area (Å²) in [5.74, 6) is -6.53. The summed E-state index contributed by atoms with van der Waals surface area (Å²) in [5, 5.41) is 115. The average molecular weight is 1070 g/mol. The molecule has 0 spiro atoms. The van der Waals surface area contributed by atoms with Crippen molar-refractivity contribution in [2.24, 2.45) is 11.8 Å². The summed E-state index contributed by atoms with van der Waals surface area (Å²) in [6, 6.07) is 6.11. The van der Waals surface area contributed by atoms with Gasteiger partial charge in [0.15, 0.2) is 25.0 Å². The zero-order chi connectivity index (χ0) is 54.8. The maximum Gasteiger partial charge on any atom is 0.337 e. The van der Waals surface area contributed by atoms with Gasteiger partial charge < -0.3 is 113 Å². The number of methoxy groups -OCH3 is 2. The van der Waals surface area contributed by atoms with Crippen molar-refractivity contribution in [2.75, 3.05) is 40.6 Å². The highest BCUT2D eigenvalue weighted by molar-refractivity contribution is 5.91. The number of hydrogen-bond donors (Lipinski definition) is 11. The molecule has 11 N–H and O–H groups in total. The Balaban J connectivity index is 1.19. The molecule has 27 heteroatoms. The molecular formula is C48H64O27. The summed E-state index contributed by atoms with van der Waals surface area (Å²) >= 11 is 0. The Hall–Kier alpha value is -5.18. The van der Waals surface area contributed by atoms with E-state index in [1.54, 1.807) is 12.1 Å². The number of aliphatic hydroxyl groups is 10. The predicted molar refractivity (Wildman–Crippen MR) is 243 cm³/mol. The van der Waals surface area contributed by atoms with Crippen molar-refractivity contribution >= 4 is 23.9 Å². The predicted octanol–water partition coefficient (Wildman–Crippen LogP) is -3.78. The Labute approximate surface area is 428 Å². The minimum Gasteiger partial charge on any atom is -0.508 e. The summed E-state index contributed by atoms with van der Waals surface area (Å²) in [5.41, 5.74) is 0.432. The van der Waals surface area contributed by atoms with Crippen LogP contribution < -0.4 is 0 Å². The standard InChI is InChI=1S/C48H64O27/c1-5-22-24(26(42(62)64-3)17-68-44(22)74-47-38(59)36(57)33(54)28(15-49)70-47)13-31(52)67-19-30-35(56)41(40(61)46(72-30)66-12-11-20-7-9-21(51)10-8-20)73-32(53)14-25-23(6-2)45(69-18-27(25)43(63)65-4)75-48-39(60)37(58)34(55)29(16-50)71-48/h5-10,17-18,24-25,28-30,33-41,44-51,54-61H,11-16,19H2,1-4H3. The van der Waals surface area contributed by atoms with Gasteiger partial charge in [0.25, 0.3) is 0 Å². The van der Waals surface area contributed by atoms with Gasteiger partial charge in [0.2, 0.25) is 12.6 Å². The molecule has 0 saturated carbocycles.